The van der Waals surface area contributed by atoms with Gasteiger partial charge >= 0.3 is 0 Å². The Kier molecular flexibility index (Phi) is 7.85. The number of carbonyl (C=O) groups excluding carboxylic acids is 2. The molecule has 204 valence electrons. The van der Waals surface area contributed by atoms with E-state index in [9.17, 15) is 18.0 Å². The van der Waals surface area contributed by atoms with Gasteiger partial charge < -0.3 is 19.7 Å². The van der Waals surface area contributed by atoms with Crippen LogP contribution in [0.4, 0.5) is 5.69 Å². The van der Waals surface area contributed by atoms with Gasteiger partial charge in [0, 0.05) is 19.6 Å². The Labute approximate surface area is 228 Å². The number of sulfonamides is 1. The van der Waals surface area contributed by atoms with Crippen molar-refractivity contribution in [3.63, 3.8) is 0 Å². The largest absolute Gasteiger partial charge is 0.483 e. The highest BCUT2D eigenvalue weighted by Crippen LogP contribution is 2.33. The molecule has 3 aromatic rings. The van der Waals surface area contributed by atoms with Gasteiger partial charge in [0.05, 0.1) is 17.1 Å². The van der Waals surface area contributed by atoms with Crippen LogP contribution in [0.3, 0.4) is 0 Å². The van der Waals surface area contributed by atoms with Crippen molar-refractivity contribution >= 4 is 27.5 Å². The average molecular weight is 550 g/mol. The molecule has 1 N–H and O–H groups in total. The Balaban J connectivity index is 1.25. The zero-order valence-electron chi connectivity index (χ0n) is 21.7. The van der Waals surface area contributed by atoms with Gasteiger partial charge in [-0.3, -0.25) is 9.59 Å². The summed E-state index contributed by atoms with van der Waals surface area (Å²) in [7, 11) is -3.55. The van der Waals surface area contributed by atoms with E-state index in [1.807, 2.05) is 30.3 Å². The molecule has 1 atom stereocenters. The molecule has 3 aromatic carbocycles. The van der Waals surface area contributed by atoms with E-state index in [1.165, 1.54) is 15.3 Å². The Morgan fingerprint density at radius 3 is 2.46 bits per heavy atom. The van der Waals surface area contributed by atoms with E-state index in [4.69, 9.17) is 9.47 Å². The van der Waals surface area contributed by atoms with E-state index in [0.717, 1.165) is 18.4 Å². The van der Waals surface area contributed by atoms with E-state index in [2.05, 4.69) is 5.32 Å². The van der Waals surface area contributed by atoms with E-state index >= 15 is 0 Å². The van der Waals surface area contributed by atoms with Gasteiger partial charge in [-0.25, -0.2) is 8.42 Å². The molecule has 9 nitrogen and oxygen atoms in total. The molecule has 0 spiro atoms. The number of aryl methyl sites for hydroxylation is 1. The van der Waals surface area contributed by atoms with Crippen LogP contribution in [0.5, 0.6) is 11.5 Å². The molecule has 2 heterocycles. The highest BCUT2D eigenvalue weighted by atomic mass is 32.2. The van der Waals surface area contributed by atoms with Crippen LogP contribution in [0.15, 0.2) is 77.7 Å². The number of hydrogen-bond acceptors (Lipinski definition) is 6. The SMILES string of the molecule is Cc1cc(S(=O)(=O)N2CCCC2)ccc1OCC(=O)N1C[C@@H](C(=O)NCc2ccccc2)Oc2ccccc21. The summed E-state index contributed by atoms with van der Waals surface area (Å²) in [6, 6.07) is 21.3. The summed E-state index contributed by atoms with van der Waals surface area (Å²) in [5, 5.41) is 2.88. The maximum atomic E-state index is 13.3. The lowest BCUT2D eigenvalue weighted by Crippen LogP contribution is -2.51. The van der Waals surface area contributed by atoms with Crippen LogP contribution in [-0.4, -0.2) is 56.9 Å². The summed E-state index contributed by atoms with van der Waals surface area (Å²) in [6.07, 6.45) is 0.841. The predicted molar refractivity (Wildman–Crippen MR) is 146 cm³/mol. The van der Waals surface area contributed by atoms with Crippen molar-refractivity contribution in [3.05, 3.63) is 83.9 Å². The number of fused-ring (bicyclic) bond motifs is 1. The number of carbonyl (C=O) groups is 2. The normalized spacial score (nSPS) is 17.3. The number of ether oxygens (including phenoxy) is 2. The number of nitrogens with zero attached hydrogens (tertiary/aromatic N) is 2. The van der Waals surface area contributed by atoms with Crippen molar-refractivity contribution < 1.29 is 27.5 Å². The average Bonchev–Trinajstić information content (AvgIpc) is 3.51. The molecule has 2 amide bonds. The summed E-state index contributed by atoms with van der Waals surface area (Å²) in [4.78, 5) is 27.9. The number of amides is 2. The Bertz CT molecular complexity index is 1450. The lowest BCUT2D eigenvalue weighted by Gasteiger charge is -2.34. The molecule has 0 unspecified atom stereocenters. The quantitative estimate of drug-likeness (QED) is 0.463. The minimum atomic E-state index is -3.55. The molecule has 0 aliphatic carbocycles. The van der Waals surface area contributed by atoms with E-state index < -0.39 is 16.1 Å². The molecule has 2 aliphatic rings. The smallest absolute Gasteiger partial charge is 0.265 e. The molecular weight excluding hydrogens is 518 g/mol. The molecule has 0 radical (unpaired) electrons. The third kappa shape index (κ3) is 5.91. The van der Waals surface area contributed by atoms with Crippen molar-refractivity contribution in [1.82, 2.24) is 9.62 Å². The highest BCUT2D eigenvalue weighted by Gasteiger charge is 2.34. The monoisotopic (exact) mass is 549 g/mol. The Hall–Kier alpha value is -3.89. The third-order valence-corrected chi connectivity index (χ3v) is 8.77. The summed E-state index contributed by atoms with van der Waals surface area (Å²) >= 11 is 0. The van der Waals surface area contributed by atoms with Crippen LogP contribution in [0.1, 0.15) is 24.0 Å². The summed E-state index contributed by atoms with van der Waals surface area (Å²) in [6.45, 7) is 2.90. The van der Waals surface area contributed by atoms with E-state index in [1.54, 1.807) is 43.3 Å². The standard InChI is InChI=1S/C29H31N3O6S/c1-21-17-23(39(35,36)31-15-7-8-16-31)13-14-25(21)37-20-28(33)32-19-27(38-26-12-6-5-11-24(26)32)29(34)30-18-22-9-3-2-4-10-22/h2-6,9-14,17,27H,7-8,15-16,18-20H2,1H3,(H,30,34)/t27-/m0/s1. The number of para-hydroxylation sites is 2. The molecule has 0 bridgehead atoms. The minimum absolute atomic E-state index is 0.0336. The van der Waals surface area contributed by atoms with Gasteiger partial charge in [0.15, 0.2) is 12.7 Å². The van der Waals surface area contributed by atoms with Crippen LogP contribution in [0.2, 0.25) is 0 Å². The summed E-state index contributed by atoms with van der Waals surface area (Å²) < 4.78 is 39.0. The highest BCUT2D eigenvalue weighted by molar-refractivity contribution is 7.89. The number of hydrogen-bond donors (Lipinski definition) is 1. The first-order valence-corrected chi connectivity index (χ1v) is 14.4. The van der Waals surface area contributed by atoms with Crippen LogP contribution in [0.25, 0.3) is 0 Å². The van der Waals surface area contributed by atoms with Crippen LogP contribution < -0.4 is 19.7 Å². The zero-order chi connectivity index (χ0) is 27.4. The number of benzene rings is 3. The first-order valence-electron chi connectivity index (χ1n) is 12.9. The molecule has 39 heavy (non-hydrogen) atoms. The maximum Gasteiger partial charge on any atom is 0.265 e. The summed E-state index contributed by atoms with van der Waals surface area (Å²) in [5.74, 6) is 0.185. The number of anilines is 1. The third-order valence-electron chi connectivity index (χ3n) is 6.88. The second kappa shape index (κ2) is 11.5. The second-order valence-electron chi connectivity index (χ2n) is 9.61. The van der Waals surface area contributed by atoms with Crippen molar-refractivity contribution in [2.24, 2.45) is 0 Å². The minimum Gasteiger partial charge on any atom is -0.483 e. The maximum absolute atomic E-state index is 13.3. The topological polar surface area (TPSA) is 105 Å². The van der Waals surface area contributed by atoms with E-state index in [0.29, 0.717) is 42.4 Å². The molecule has 5 rings (SSSR count). The first kappa shape index (κ1) is 26.7. The van der Waals surface area contributed by atoms with Crippen LogP contribution in [0, 0.1) is 6.92 Å². The number of nitrogens with one attached hydrogen (secondary N) is 1. The second-order valence-corrected chi connectivity index (χ2v) is 11.5. The van der Waals surface area contributed by atoms with Gasteiger partial charge in [-0.05, 0) is 61.2 Å². The zero-order valence-corrected chi connectivity index (χ0v) is 22.5. The molecule has 0 aromatic heterocycles. The van der Waals surface area contributed by atoms with Gasteiger partial charge in [0.1, 0.15) is 11.5 Å². The fourth-order valence-corrected chi connectivity index (χ4v) is 6.35. The van der Waals surface area contributed by atoms with Crippen molar-refractivity contribution in [3.8, 4) is 11.5 Å². The van der Waals surface area contributed by atoms with Crippen molar-refractivity contribution in [1.29, 1.82) is 0 Å². The van der Waals surface area contributed by atoms with Crippen molar-refractivity contribution in [2.45, 2.75) is 37.3 Å². The van der Waals surface area contributed by atoms with Gasteiger partial charge in [-0.2, -0.15) is 4.31 Å². The van der Waals surface area contributed by atoms with E-state index in [-0.39, 0.29) is 29.9 Å². The molecule has 2 aliphatic heterocycles. The molecule has 0 saturated carbocycles. The van der Waals surface area contributed by atoms with Crippen LogP contribution in [-0.2, 0) is 26.2 Å². The van der Waals surface area contributed by atoms with Gasteiger partial charge in [-0.1, -0.05) is 42.5 Å². The molecule has 10 heteroatoms. The fourth-order valence-electron chi connectivity index (χ4n) is 4.75. The first-order chi connectivity index (χ1) is 18.8. The number of rotatable bonds is 8. The predicted octanol–water partition coefficient (Wildman–Crippen LogP) is 3.27. The van der Waals surface area contributed by atoms with Crippen molar-refractivity contribution in [2.75, 3.05) is 31.1 Å². The fraction of sp³-hybridized carbons (Fsp3) is 0.310. The van der Waals surface area contributed by atoms with Gasteiger partial charge in [0.25, 0.3) is 11.8 Å². The van der Waals surface area contributed by atoms with Gasteiger partial charge in [-0.15, -0.1) is 0 Å². The lowest BCUT2D eigenvalue weighted by atomic mass is 10.1. The lowest BCUT2D eigenvalue weighted by molar-refractivity contribution is -0.128. The Morgan fingerprint density at radius 2 is 1.72 bits per heavy atom. The van der Waals surface area contributed by atoms with Gasteiger partial charge in [0.2, 0.25) is 10.0 Å². The molecule has 1 saturated heterocycles. The summed E-state index contributed by atoms with van der Waals surface area (Å²) in [5.41, 5.74) is 2.13. The molecule has 1 fully saturated rings. The Morgan fingerprint density at radius 1 is 1.00 bits per heavy atom. The van der Waals surface area contributed by atoms with Crippen LogP contribution >= 0.6 is 0 Å². The molecular formula is C29H31N3O6S.